The topological polar surface area (TPSA) is 0 Å². The Labute approximate surface area is 126 Å². The summed E-state index contributed by atoms with van der Waals surface area (Å²) in [6.45, 7) is 2.07. The SMILES string of the molecule is Cc1cccc(C(CBr)Cc2cccc(F)c2Cl)c1. The van der Waals surface area contributed by atoms with Crippen molar-refractivity contribution in [2.24, 2.45) is 0 Å². The molecule has 19 heavy (non-hydrogen) atoms. The zero-order valence-corrected chi connectivity index (χ0v) is 13.0. The van der Waals surface area contributed by atoms with E-state index < -0.39 is 0 Å². The molecule has 0 N–H and O–H groups in total. The lowest BCUT2D eigenvalue weighted by Gasteiger charge is -2.16. The minimum atomic E-state index is -0.350. The first-order chi connectivity index (χ1) is 9.11. The predicted molar refractivity (Wildman–Crippen MR) is 82.8 cm³/mol. The molecule has 0 amide bonds. The van der Waals surface area contributed by atoms with Crippen LogP contribution in [0.5, 0.6) is 0 Å². The second kappa shape index (κ2) is 6.53. The summed E-state index contributed by atoms with van der Waals surface area (Å²) in [5.41, 5.74) is 3.33. The van der Waals surface area contributed by atoms with Crippen molar-refractivity contribution in [3.05, 3.63) is 70.0 Å². The van der Waals surface area contributed by atoms with E-state index in [9.17, 15) is 4.39 Å². The van der Waals surface area contributed by atoms with Crippen molar-refractivity contribution in [2.75, 3.05) is 5.33 Å². The Bertz CT molecular complexity index is 568. The first-order valence-electron chi connectivity index (χ1n) is 6.17. The molecule has 0 saturated carbocycles. The Kier molecular flexibility index (Phi) is 5.00. The van der Waals surface area contributed by atoms with Gasteiger partial charge in [0.2, 0.25) is 0 Å². The molecule has 2 aromatic carbocycles. The molecule has 2 rings (SSSR count). The molecule has 0 aliphatic heterocycles. The van der Waals surface area contributed by atoms with E-state index in [0.29, 0.717) is 5.92 Å². The van der Waals surface area contributed by atoms with Gasteiger partial charge in [0.05, 0.1) is 5.02 Å². The fourth-order valence-electron chi connectivity index (χ4n) is 2.16. The molecule has 0 saturated heterocycles. The van der Waals surface area contributed by atoms with Gasteiger partial charge in [0, 0.05) is 5.33 Å². The van der Waals surface area contributed by atoms with Gasteiger partial charge in [-0.1, -0.05) is 69.5 Å². The summed E-state index contributed by atoms with van der Waals surface area (Å²) in [6.07, 6.45) is 0.727. The number of aryl methyl sites for hydroxylation is 1. The molecule has 100 valence electrons. The van der Waals surface area contributed by atoms with Crippen LogP contribution in [0.3, 0.4) is 0 Å². The van der Waals surface area contributed by atoms with Crippen LogP contribution in [0.1, 0.15) is 22.6 Å². The highest BCUT2D eigenvalue weighted by Crippen LogP contribution is 2.28. The molecule has 0 fully saturated rings. The van der Waals surface area contributed by atoms with Gasteiger partial charge in [0.25, 0.3) is 0 Å². The van der Waals surface area contributed by atoms with E-state index in [2.05, 4.69) is 41.1 Å². The molecule has 0 bridgehead atoms. The van der Waals surface area contributed by atoms with Crippen molar-refractivity contribution in [3.63, 3.8) is 0 Å². The maximum Gasteiger partial charge on any atom is 0.142 e. The van der Waals surface area contributed by atoms with Gasteiger partial charge in [-0.3, -0.25) is 0 Å². The highest BCUT2D eigenvalue weighted by molar-refractivity contribution is 9.09. The number of halogens is 3. The Morgan fingerprint density at radius 2 is 1.95 bits per heavy atom. The van der Waals surface area contributed by atoms with Crippen molar-refractivity contribution in [3.8, 4) is 0 Å². The van der Waals surface area contributed by atoms with Crippen LogP contribution in [0.15, 0.2) is 42.5 Å². The number of benzene rings is 2. The van der Waals surface area contributed by atoms with Gasteiger partial charge in [0.15, 0.2) is 0 Å². The van der Waals surface area contributed by atoms with Crippen LogP contribution < -0.4 is 0 Å². The third kappa shape index (κ3) is 3.58. The molecule has 0 heterocycles. The lowest BCUT2D eigenvalue weighted by atomic mass is 9.92. The normalized spacial score (nSPS) is 12.4. The van der Waals surface area contributed by atoms with Crippen LogP contribution in [-0.4, -0.2) is 5.33 Å². The molecular formula is C16H15BrClF. The zero-order valence-electron chi connectivity index (χ0n) is 10.7. The number of rotatable bonds is 4. The number of alkyl halides is 1. The Hall–Kier alpha value is -0.860. The molecule has 0 aromatic heterocycles. The van der Waals surface area contributed by atoms with Gasteiger partial charge >= 0.3 is 0 Å². The van der Waals surface area contributed by atoms with Crippen LogP contribution in [-0.2, 0) is 6.42 Å². The predicted octanol–water partition coefficient (Wildman–Crippen LogP) is 5.51. The smallest absolute Gasteiger partial charge is 0.142 e. The minimum Gasteiger partial charge on any atom is -0.205 e. The molecule has 1 unspecified atom stereocenters. The van der Waals surface area contributed by atoms with Gasteiger partial charge in [0.1, 0.15) is 5.82 Å². The summed E-state index contributed by atoms with van der Waals surface area (Å²) < 4.78 is 13.5. The Morgan fingerprint density at radius 1 is 1.21 bits per heavy atom. The second-order valence-electron chi connectivity index (χ2n) is 4.68. The monoisotopic (exact) mass is 340 g/mol. The van der Waals surface area contributed by atoms with Crippen LogP contribution in [0, 0.1) is 12.7 Å². The van der Waals surface area contributed by atoms with Gasteiger partial charge in [-0.05, 0) is 36.5 Å². The van der Waals surface area contributed by atoms with Crippen molar-refractivity contribution in [2.45, 2.75) is 19.3 Å². The standard InChI is InChI=1S/C16H15BrClF/c1-11-4-2-5-12(8-11)14(10-17)9-13-6-3-7-15(19)16(13)18/h2-8,14H,9-10H2,1H3. The highest BCUT2D eigenvalue weighted by Gasteiger charge is 2.14. The van der Waals surface area contributed by atoms with Crippen LogP contribution >= 0.6 is 27.5 Å². The Balaban J connectivity index is 2.26. The highest BCUT2D eigenvalue weighted by atomic mass is 79.9. The molecule has 0 aliphatic carbocycles. The van der Waals surface area contributed by atoms with Crippen molar-refractivity contribution in [1.82, 2.24) is 0 Å². The summed E-state index contributed by atoms with van der Waals surface area (Å²) in [5, 5.41) is 1.06. The minimum absolute atomic E-state index is 0.237. The maximum absolute atomic E-state index is 13.5. The van der Waals surface area contributed by atoms with E-state index in [1.54, 1.807) is 6.07 Å². The fourth-order valence-corrected chi connectivity index (χ4v) is 2.96. The molecule has 0 aliphatic rings. The zero-order chi connectivity index (χ0) is 13.8. The number of hydrogen-bond acceptors (Lipinski definition) is 0. The molecule has 2 aromatic rings. The molecule has 0 radical (unpaired) electrons. The van der Waals surface area contributed by atoms with E-state index >= 15 is 0 Å². The maximum atomic E-state index is 13.5. The molecule has 3 heteroatoms. The first-order valence-corrected chi connectivity index (χ1v) is 7.67. The average Bonchev–Trinajstić information content (AvgIpc) is 2.40. The van der Waals surface area contributed by atoms with Crippen LogP contribution in [0.2, 0.25) is 5.02 Å². The quantitative estimate of drug-likeness (QED) is 0.643. The summed E-state index contributed by atoms with van der Waals surface area (Å²) in [6, 6.07) is 13.4. The average molecular weight is 342 g/mol. The van der Waals surface area contributed by atoms with Crippen molar-refractivity contribution >= 4 is 27.5 Å². The molecule has 0 spiro atoms. The van der Waals surface area contributed by atoms with Crippen molar-refractivity contribution in [1.29, 1.82) is 0 Å². The third-order valence-electron chi connectivity index (χ3n) is 3.20. The van der Waals surface area contributed by atoms with E-state index in [1.807, 2.05) is 12.1 Å². The summed E-state index contributed by atoms with van der Waals surface area (Å²) >= 11 is 9.56. The molecule has 1 atom stereocenters. The summed E-state index contributed by atoms with van der Waals surface area (Å²) in [5.74, 6) is -0.0593. The molecule has 0 nitrogen and oxygen atoms in total. The van der Waals surface area contributed by atoms with E-state index in [1.165, 1.54) is 17.2 Å². The van der Waals surface area contributed by atoms with Crippen LogP contribution in [0.25, 0.3) is 0 Å². The molecular weight excluding hydrogens is 327 g/mol. The van der Waals surface area contributed by atoms with E-state index in [4.69, 9.17) is 11.6 Å². The van der Waals surface area contributed by atoms with Crippen molar-refractivity contribution < 1.29 is 4.39 Å². The van der Waals surface area contributed by atoms with Gasteiger partial charge in [-0.15, -0.1) is 0 Å². The van der Waals surface area contributed by atoms with Gasteiger partial charge < -0.3 is 0 Å². The lowest BCUT2D eigenvalue weighted by molar-refractivity contribution is 0.624. The summed E-state index contributed by atoms with van der Waals surface area (Å²) in [7, 11) is 0. The fraction of sp³-hybridized carbons (Fsp3) is 0.250. The van der Waals surface area contributed by atoms with Crippen LogP contribution in [0.4, 0.5) is 4.39 Å². The van der Waals surface area contributed by atoms with E-state index in [0.717, 1.165) is 17.3 Å². The lowest BCUT2D eigenvalue weighted by Crippen LogP contribution is -2.05. The summed E-state index contributed by atoms with van der Waals surface area (Å²) in [4.78, 5) is 0. The Morgan fingerprint density at radius 3 is 2.63 bits per heavy atom. The van der Waals surface area contributed by atoms with Gasteiger partial charge in [-0.25, -0.2) is 4.39 Å². The van der Waals surface area contributed by atoms with E-state index in [-0.39, 0.29) is 10.8 Å². The van der Waals surface area contributed by atoms with Gasteiger partial charge in [-0.2, -0.15) is 0 Å². The first kappa shape index (κ1) is 14.5. The second-order valence-corrected chi connectivity index (χ2v) is 5.71. The third-order valence-corrected chi connectivity index (χ3v) is 4.40. The largest absolute Gasteiger partial charge is 0.205 e. The number of hydrogen-bond donors (Lipinski definition) is 0.